The molecule has 1 amide bonds. The molecule has 1 heterocycles. The van der Waals surface area contributed by atoms with Gasteiger partial charge in [0.1, 0.15) is 10.9 Å². The molecule has 0 aromatic carbocycles. The van der Waals surface area contributed by atoms with Crippen molar-refractivity contribution in [3.8, 4) is 0 Å². The highest BCUT2D eigenvalue weighted by Crippen LogP contribution is 2.22. The predicted octanol–water partition coefficient (Wildman–Crippen LogP) is 2.49. The summed E-state index contributed by atoms with van der Waals surface area (Å²) >= 11 is 1.50. The van der Waals surface area contributed by atoms with Crippen molar-refractivity contribution < 1.29 is 4.79 Å². The lowest BCUT2D eigenvalue weighted by Crippen LogP contribution is -2.33. The van der Waals surface area contributed by atoms with E-state index in [1.165, 1.54) is 24.6 Å². The van der Waals surface area contributed by atoms with Crippen LogP contribution in [0, 0.1) is 13.8 Å². The number of hydrogen-bond donors (Lipinski definition) is 1. The van der Waals surface area contributed by atoms with E-state index in [-0.39, 0.29) is 5.91 Å². The van der Waals surface area contributed by atoms with E-state index in [2.05, 4.69) is 15.3 Å². The first-order chi connectivity index (χ1) is 8.61. The van der Waals surface area contributed by atoms with Crippen LogP contribution in [-0.2, 0) is 0 Å². The minimum absolute atomic E-state index is 0.0243. The Kier molecular flexibility index (Phi) is 4.22. The highest BCUT2D eigenvalue weighted by atomic mass is 32.2. The maximum absolute atomic E-state index is 12.3. The fraction of sp³-hybridized carbons (Fsp3) is 0.615. The van der Waals surface area contributed by atoms with Gasteiger partial charge in [-0.1, -0.05) is 12.8 Å². The fourth-order valence-corrected chi connectivity index (χ4v) is 3.09. The molecule has 1 N–H and O–H groups in total. The van der Waals surface area contributed by atoms with Crippen LogP contribution in [0.1, 0.15) is 47.6 Å². The average Bonchev–Trinajstić information content (AvgIpc) is 2.80. The minimum Gasteiger partial charge on any atom is -0.349 e. The number of thioether (sulfide) groups is 1. The molecule has 0 aliphatic heterocycles. The SMILES string of the molecule is CSc1nc(C)nc(C)c1C(=O)NC1CCCC1. The standard InChI is InChI=1S/C13H19N3OS/c1-8-11(13(18-3)15-9(2)14-8)12(17)16-10-6-4-5-7-10/h10H,4-7H2,1-3H3,(H,16,17). The van der Waals surface area contributed by atoms with Crippen molar-refractivity contribution >= 4 is 17.7 Å². The summed E-state index contributed by atoms with van der Waals surface area (Å²) in [5, 5.41) is 3.87. The number of carbonyl (C=O) groups is 1. The van der Waals surface area contributed by atoms with Gasteiger partial charge in [0, 0.05) is 6.04 Å². The zero-order valence-electron chi connectivity index (χ0n) is 11.1. The Morgan fingerprint density at radius 2 is 1.94 bits per heavy atom. The molecule has 1 aromatic rings. The van der Waals surface area contributed by atoms with Crippen molar-refractivity contribution in [3.05, 3.63) is 17.1 Å². The van der Waals surface area contributed by atoms with Crippen molar-refractivity contribution in [2.75, 3.05) is 6.26 Å². The van der Waals surface area contributed by atoms with Gasteiger partial charge >= 0.3 is 0 Å². The number of hydrogen-bond acceptors (Lipinski definition) is 4. The second-order valence-corrected chi connectivity index (χ2v) is 5.49. The van der Waals surface area contributed by atoms with Crippen LogP contribution in [0.15, 0.2) is 5.03 Å². The van der Waals surface area contributed by atoms with Crippen molar-refractivity contribution in [2.24, 2.45) is 0 Å². The molecule has 1 aliphatic carbocycles. The van der Waals surface area contributed by atoms with Gasteiger partial charge in [-0.25, -0.2) is 9.97 Å². The molecule has 1 aromatic heterocycles. The first kappa shape index (κ1) is 13.3. The van der Waals surface area contributed by atoms with Crippen molar-refractivity contribution in [2.45, 2.75) is 50.6 Å². The zero-order chi connectivity index (χ0) is 13.1. The van der Waals surface area contributed by atoms with E-state index in [9.17, 15) is 4.79 Å². The van der Waals surface area contributed by atoms with Crippen LogP contribution in [0.2, 0.25) is 0 Å². The van der Waals surface area contributed by atoms with Crippen LogP contribution in [0.4, 0.5) is 0 Å². The second kappa shape index (κ2) is 5.69. The monoisotopic (exact) mass is 265 g/mol. The van der Waals surface area contributed by atoms with Crippen LogP contribution in [-0.4, -0.2) is 28.2 Å². The van der Waals surface area contributed by atoms with Gasteiger partial charge in [-0.15, -0.1) is 11.8 Å². The third-order valence-corrected chi connectivity index (χ3v) is 3.96. The highest BCUT2D eigenvalue weighted by molar-refractivity contribution is 7.98. The van der Waals surface area contributed by atoms with E-state index in [0.29, 0.717) is 17.4 Å². The van der Waals surface area contributed by atoms with Gasteiger partial charge in [-0.05, 0) is 32.9 Å². The molecular formula is C13H19N3OS. The summed E-state index contributed by atoms with van der Waals surface area (Å²) in [6, 6.07) is 0.327. The third-order valence-electron chi connectivity index (χ3n) is 3.28. The smallest absolute Gasteiger partial charge is 0.256 e. The quantitative estimate of drug-likeness (QED) is 0.674. The molecule has 2 rings (SSSR count). The number of nitrogens with one attached hydrogen (secondary N) is 1. The summed E-state index contributed by atoms with van der Waals surface area (Å²) in [7, 11) is 0. The van der Waals surface area contributed by atoms with Crippen molar-refractivity contribution in [3.63, 3.8) is 0 Å². The van der Waals surface area contributed by atoms with Gasteiger partial charge in [-0.2, -0.15) is 0 Å². The summed E-state index contributed by atoms with van der Waals surface area (Å²) in [6.07, 6.45) is 6.54. The molecule has 1 fully saturated rings. The molecule has 1 saturated carbocycles. The van der Waals surface area contributed by atoms with Crippen LogP contribution < -0.4 is 5.32 Å². The predicted molar refractivity (Wildman–Crippen MR) is 73.0 cm³/mol. The largest absolute Gasteiger partial charge is 0.349 e. The summed E-state index contributed by atoms with van der Waals surface area (Å²) in [6.45, 7) is 3.73. The lowest BCUT2D eigenvalue weighted by molar-refractivity contribution is 0.0933. The van der Waals surface area contributed by atoms with E-state index < -0.39 is 0 Å². The number of amides is 1. The average molecular weight is 265 g/mol. The lowest BCUT2D eigenvalue weighted by atomic mass is 10.2. The van der Waals surface area contributed by atoms with Gasteiger partial charge in [0.05, 0.1) is 11.3 Å². The molecule has 0 radical (unpaired) electrons. The lowest BCUT2D eigenvalue weighted by Gasteiger charge is -2.15. The normalized spacial score (nSPS) is 15.9. The molecule has 0 saturated heterocycles. The van der Waals surface area contributed by atoms with Crippen molar-refractivity contribution in [1.29, 1.82) is 0 Å². The van der Waals surface area contributed by atoms with Crippen LogP contribution in [0.25, 0.3) is 0 Å². The summed E-state index contributed by atoms with van der Waals surface area (Å²) in [5.41, 5.74) is 1.40. The Labute approximate surface area is 112 Å². The maximum Gasteiger partial charge on any atom is 0.256 e. The molecule has 1 aliphatic rings. The van der Waals surface area contributed by atoms with Crippen LogP contribution in [0.5, 0.6) is 0 Å². The molecule has 5 heteroatoms. The van der Waals surface area contributed by atoms with E-state index in [4.69, 9.17) is 0 Å². The van der Waals surface area contributed by atoms with E-state index >= 15 is 0 Å². The molecule has 4 nitrogen and oxygen atoms in total. The zero-order valence-corrected chi connectivity index (χ0v) is 11.9. The molecule has 98 valence electrons. The van der Waals surface area contributed by atoms with Crippen LogP contribution >= 0.6 is 11.8 Å². The number of aryl methyl sites for hydroxylation is 2. The Bertz CT molecular complexity index is 456. The Hall–Kier alpha value is -1.10. The maximum atomic E-state index is 12.3. The Morgan fingerprint density at radius 1 is 1.28 bits per heavy atom. The summed E-state index contributed by atoms with van der Waals surface area (Å²) in [4.78, 5) is 20.9. The number of nitrogens with zero attached hydrogens (tertiary/aromatic N) is 2. The number of rotatable bonds is 3. The van der Waals surface area contributed by atoms with Crippen molar-refractivity contribution in [1.82, 2.24) is 15.3 Å². The van der Waals surface area contributed by atoms with E-state index in [1.807, 2.05) is 20.1 Å². The summed E-state index contributed by atoms with van der Waals surface area (Å²) in [5.74, 6) is 0.693. The molecule has 0 atom stereocenters. The Morgan fingerprint density at radius 3 is 2.56 bits per heavy atom. The second-order valence-electron chi connectivity index (χ2n) is 4.70. The topological polar surface area (TPSA) is 54.9 Å². The number of aromatic nitrogens is 2. The van der Waals surface area contributed by atoms with E-state index in [1.54, 1.807) is 0 Å². The van der Waals surface area contributed by atoms with Crippen LogP contribution in [0.3, 0.4) is 0 Å². The molecule has 0 unspecified atom stereocenters. The van der Waals surface area contributed by atoms with E-state index in [0.717, 1.165) is 23.6 Å². The minimum atomic E-state index is -0.0243. The molecule has 0 spiro atoms. The highest BCUT2D eigenvalue weighted by Gasteiger charge is 2.22. The summed E-state index contributed by atoms with van der Waals surface area (Å²) < 4.78 is 0. The van der Waals surface area contributed by atoms with Gasteiger partial charge in [-0.3, -0.25) is 4.79 Å². The molecule has 18 heavy (non-hydrogen) atoms. The first-order valence-electron chi connectivity index (χ1n) is 6.32. The fourth-order valence-electron chi connectivity index (χ4n) is 2.42. The first-order valence-corrected chi connectivity index (χ1v) is 7.54. The molecule has 0 bridgehead atoms. The number of carbonyl (C=O) groups excluding carboxylic acids is 1. The van der Waals surface area contributed by atoms with Gasteiger partial charge < -0.3 is 5.32 Å². The van der Waals surface area contributed by atoms with Gasteiger partial charge in [0.25, 0.3) is 5.91 Å². The van der Waals surface area contributed by atoms with Gasteiger partial charge in [0.2, 0.25) is 0 Å². The third kappa shape index (κ3) is 2.83. The Balaban J connectivity index is 2.23. The molecular weight excluding hydrogens is 246 g/mol. The van der Waals surface area contributed by atoms with Gasteiger partial charge in [0.15, 0.2) is 0 Å².